The third-order valence-corrected chi connectivity index (χ3v) is 6.49. The summed E-state index contributed by atoms with van der Waals surface area (Å²) < 4.78 is 0. The van der Waals surface area contributed by atoms with E-state index in [2.05, 4.69) is 22.3 Å². The highest BCUT2D eigenvalue weighted by Crippen LogP contribution is 2.23. The molecule has 2 amide bonds. The van der Waals surface area contributed by atoms with Crippen LogP contribution in [0, 0.1) is 0 Å². The topological polar surface area (TPSA) is 72.9 Å². The van der Waals surface area contributed by atoms with Crippen molar-refractivity contribution in [1.82, 2.24) is 4.90 Å². The van der Waals surface area contributed by atoms with Crippen molar-refractivity contribution in [2.24, 2.45) is 0 Å². The molecule has 0 radical (unpaired) electrons. The Hall–Kier alpha value is -3.35. The number of hydrogen-bond donors (Lipinski definition) is 2. The summed E-state index contributed by atoms with van der Waals surface area (Å²) in [5.74, 6) is -0.280. The molecule has 1 fully saturated rings. The lowest BCUT2D eigenvalue weighted by Crippen LogP contribution is -2.50. The number of benzene rings is 3. The van der Waals surface area contributed by atoms with Crippen LogP contribution in [-0.2, 0) is 16.0 Å². The molecular formula is C28H30ClN3O3. The van der Waals surface area contributed by atoms with Crippen molar-refractivity contribution in [2.75, 3.05) is 36.4 Å². The highest BCUT2D eigenvalue weighted by molar-refractivity contribution is 6.30. The Balaban J connectivity index is 1.22. The SMILES string of the molecule is O=C(CCCc1ccccc1)Nc1ccc(N2CCN(C(=O)C(O)c3ccc(Cl)cc3)CC2)cc1. The van der Waals surface area contributed by atoms with E-state index < -0.39 is 6.10 Å². The van der Waals surface area contributed by atoms with E-state index in [-0.39, 0.29) is 11.8 Å². The summed E-state index contributed by atoms with van der Waals surface area (Å²) in [6, 6.07) is 24.6. The third-order valence-electron chi connectivity index (χ3n) is 6.24. The van der Waals surface area contributed by atoms with E-state index in [0.29, 0.717) is 43.2 Å². The van der Waals surface area contributed by atoms with Crippen molar-refractivity contribution < 1.29 is 14.7 Å². The van der Waals surface area contributed by atoms with E-state index in [1.807, 2.05) is 42.5 Å². The molecule has 1 heterocycles. The Kier molecular flexibility index (Phi) is 8.40. The number of hydrogen-bond acceptors (Lipinski definition) is 4. The number of aliphatic hydroxyl groups is 1. The van der Waals surface area contributed by atoms with Crippen LogP contribution in [0.5, 0.6) is 0 Å². The van der Waals surface area contributed by atoms with Gasteiger partial charge in [-0.1, -0.05) is 54.1 Å². The molecule has 182 valence electrons. The molecule has 0 aromatic heterocycles. The molecule has 6 nitrogen and oxygen atoms in total. The summed E-state index contributed by atoms with van der Waals surface area (Å²) in [6.45, 7) is 2.40. The minimum absolute atomic E-state index is 0.0139. The van der Waals surface area contributed by atoms with E-state index in [1.165, 1.54) is 5.56 Å². The molecule has 1 aliphatic heterocycles. The second-order valence-electron chi connectivity index (χ2n) is 8.70. The van der Waals surface area contributed by atoms with Crippen molar-refractivity contribution in [1.29, 1.82) is 0 Å². The van der Waals surface area contributed by atoms with Crippen LogP contribution >= 0.6 is 11.6 Å². The second-order valence-corrected chi connectivity index (χ2v) is 9.14. The van der Waals surface area contributed by atoms with Crippen molar-refractivity contribution in [3.63, 3.8) is 0 Å². The summed E-state index contributed by atoms with van der Waals surface area (Å²) in [6.07, 6.45) is 0.991. The number of piperazine rings is 1. The average Bonchev–Trinajstić information content (AvgIpc) is 2.89. The molecule has 1 saturated heterocycles. The lowest BCUT2D eigenvalue weighted by molar-refractivity contribution is -0.140. The molecule has 4 rings (SSSR count). The van der Waals surface area contributed by atoms with Gasteiger partial charge in [-0.15, -0.1) is 0 Å². The quantitative estimate of drug-likeness (QED) is 0.479. The van der Waals surface area contributed by atoms with Gasteiger partial charge in [0.2, 0.25) is 5.91 Å². The molecule has 1 atom stereocenters. The number of amides is 2. The Morgan fingerprint density at radius 3 is 2.20 bits per heavy atom. The number of anilines is 2. The summed E-state index contributed by atoms with van der Waals surface area (Å²) in [5.41, 5.74) is 3.60. The van der Waals surface area contributed by atoms with Crippen LogP contribution < -0.4 is 10.2 Å². The molecule has 3 aromatic rings. The monoisotopic (exact) mass is 491 g/mol. The van der Waals surface area contributed by atoms with E-state index in [4.69, 9.17) is 11.6 Å². The predicted octanol–water partition coefficient (Wildman–Crippen LogP) is 4.68. The molecule has 1 aliphatic rings. The van der Waals surface area contributed by atoms with Gasteiger partial charge in [0.25, 0.3) is 5.91 Å². The normalized spacial score (nSPS) is 14.5. The Morgan fingerprint density at radius 2 is 1.54 bits per heavy atom. The van der Waals surface area contributed by atoms with Gasteiger partial charge in [-0.3, -0.25) is 9.59 Å². The van der Waals surface area contributed by atoms with Gasteiger partial charge in [-0.2, -0.15) is 0 Å². The van der Waals surface area contributed by atoms with Crippen LogP contribution in [0.1, 0.15) is 30.1 Å². The second kappa shape index (κ2) is 11.9. The molecule has 0 saturated carbocycles. The Bertz CT molecular complexity index is 1110. The molecule has 0 aliphatic carbocycles. The average molecular weight is 492 g/mol. The van der Waals surface area contributed by atoms with Crippen molar-refractivity contribution in [3.8, 4) is 0 Å². The summed E-state index contributed by atoms with van der Waals surface area (Å²) in [7, 11) is 0. The number of aliphatic hydroxyl groups excluding tert-OH is 1. The molecule has 1 unspecified atom stereocenters. The largest absolute Gasteiger partial charge is 0.378 e. The van der Waals surface area contributed by atoms with Crippen LogP contribution in [-0.4, -0.2) is 48.0 Å². The van der Waals surface area contributed by atoms with Gasteiger partial charge in [-0.05, 0) is 60.4 Å². The van der Waals surface area contributed by atoms with E-state index in [1.54, 1.807) is 29.2 Å². The van der Waals surface area contributed by atoms with Gasteiger partial charge in [0.05, 0.1) is 0 Å². The number of rotatable bonds is 8. The summed E-state index contributed by atoms with van der Waals surface area (Å²) in [5, 5.41) is 14.0. The Morgan fingerprint density at radius 1 is 0.886 bits per heavy atom. The van der Waals surface area contributed by atoms with E-state index in [0.717, 1.165) is 24.2 Å². The van der Waals surface area contributed by atoms with Gasteiger partial charge in [0, 0.05) is 49.0 Å². The van der Waals surface area contributed by atoms with Gasteiger partial charge >= 0.3 is 0 Å². The van der Waals surface area contributed by atoms with E-state index >= 15 is 0 Å². The van der Waals surface area contributed by atoms with Gasteiger partial charge in [-0.25, -0.2) is 0 Å². The fraction of sp³-hybridized carbons (Fsp3) is 0.286. The number of carbonyl (C=O) groups is 2. The van der Waals surface area contributed by atoms with Gasteiger partial charge in [0.1, 0.15) is 0 Å². The molecule has 7 heteroatoms. The van der Waals surface area contributed by atoms with E-state index in [9.17, 15) is 14.7 Å². The van der Waals surface area contributed by atoms with Gasteiger partial charge in [0.15, 0.2) is 6.10 Å². The van der Waals surface area contributed by atoms with Crippen LogP contribution in [0.15, 0.2) is 78.9 Å². The first-order valence-corrected chi connectivity index (χ1v) is 12.3. The molecule has 2 N–H and O–H groups in total. The number of halogens is 1. The van der Waals surface area contributed by atoms with Crippen LogP contribution in [0.4, 0.5) is 11.4 Å². The predicted molar refractivity (Wildman–Crippen MR) is 140 cm³/mol. The molecule has 35 heavy (non-hydrogen) atoms. The smallest absolute Gasteiger partial charge is 0.256 e. The lowest BCUT2D eigenvalue weighted by atomic mass is 10.1. The highest BCUT2D eigenvalue weighted by atomic mass is 35.5. The fourth-order valence-corrected chi connectivity index (χ4v) is 4.35. The highest BCUT2D eigenvalue weighted by Gasteiger charge is 2.27. The number of nitrogens with zero attached hydrogens (tertiary/aromatic N) is 2. The number of carbonyl (C=O) groups excluding carboxylic acids is 2. The number of aryl methyl sites for hydroxylation is 1. The zero-order chi connectivity index (χ0) is 24.6. The van der Waals surface area contributed by atoms with Crippen molar-refractivity contribution >= 4 is 34.8 Å². The maximum atomic E-state index is 12.7. The van der Waals surface area contributed by atoms with Crippen molar-refractivity contribution in [2.45, 2.75) is 25.4 Å². The molecule has 0 spiro atoms. The van der Waals surface area contributed by atoms with Crippen molar-refractivity contribution in [3.05, 3.63) is 95.0 Å². The van der Waals surface area contributed by atoms with Gasteiger partial charge < -0.3 is 20.2 Å². The third kappa shape index (κ3) is 6.84. The maximum absolute atomic E-state index is 12.7. The molecule has 3 aromatic carbocycles. The molecule has 0 bridgehead atoms. The maximum Gasteiger partial charge on any atom is 0.256 e. The first-order valence-electron chi connectivity index (χ1n) is 11.9. The minimum atomic E-state index is -1.19. The zero-order valence-electron chi connectivity index (χ0n) is 19.6. The van der Waals surface area contributed by atoms with Crippen LogP contribution in [0.3, 0.4) is 0 Å². The Labute approximate surface area is 211 Å². The fourth-order valence-electron chi connectivity index (χ4n) is 4.22. The lowest BCUT2D eigenvalue weighted by Gasteiger charge is -2.37. The standard InChI is InChI=1S/C28H30ClN3O3/c29-23-11-9-22(10-12-23)27(34)28(35)32-19-17-31(18-20-32)25-15-13-24(14-16-25)30-26(33)8-4-7-21-5-2-1-3-6-21/h1-3,5-6,9-16,27,34H,4,7-8,17-20H2,(H,30,33). The van der Waals surface area contributed by atoms with Crippen LogP contribution in [0.2, 0.25) is 5.02 Å². The first kappa shape index (κ1) is 24.8. The minimum Gasteiger partial charge on any atom is -0.378 e. The first-order chi connectivity index (χ1) is 17.0. The summed E-state index contributed by atoms with van der Waals surface area (Å²) >= 11 is 5.89. The number of nitrogens with one attached hydrogen (secondary N) is 1. The summed E-state index contributed by atoms with van der Waals surface area (Å²) in [4.78, 5) is 28.9. The molecular weight excluding hydrogens is 462 g/mol. The van der Waals surface area contributed by atoms with Crippen LogP contribution in [0.25, 0.3) is 0 Å². The zero-order valence-corrected chi connectivity index (χ0v) is 20.3.